The van der Waals surface area contributed by atoms with Crippen molar-refractivity contribution in [1.29, 1.82) is 0 Å². The summed E-state index contributed by atoms with van der Waals surface area (Å²) in [7, 11) is 0. The van der Waals surface area contributed by atoms with E-state index in [-0.39, 0.29) is 0 Å². The van der Waals surface area contributed by atoms with E-state index in [9.17, 15) is 0 Å². The van der Waals surface area contributed by atoms with E-state index in [1.54, 1.807) is 0 Å². The quantitative estimate of drug-likeness (QED) is 0.623. The van der Waals surface area contributed by atoms with Gasteiger partial charge in [0.15, 0.2) is 0 Å². The van der Waals surface area contributed by atoms with Gasteiger partial charge in [-0.2, -0.15) is 0 Å². The molecule has 0 fully saturated rings. The van der Waals surface area contributed by atoms with E-state index in [4.69, 9.17) is 22.7 Å². The third-order valence-corrected chi connectivity index (χ3v) is 4.00. The number of hydrogen-bond acceptors (Lipinski definition) is 2. The average molecular weight is 397 g/mol. The van der Waals surface area contributed by atoms with Crippen LogP contribution in [0.2, 0.25) is 0 Å². The smallest absolute Gasteiger partial charge is 0.125 e. The fourth-order valence-electron chi connectivity index (χ4n) is 2.06. The molecular formula is C16H16INOS. The Morgan fingerprint density at radius 2 is 1.70 bits per heavy atom. The zero-order valence-electron chi connectivity index (χ0n) is 11.4. The minimum atomic E-state index is 0.417. The molecule has 0 spiro atoms. The number of hydrogen-bond donors (Lipinski definition) is 1. The van der Waals surface area contributed by atoms with Gasteiger partial charge in [0.25, 0.3) is 0 Å². The second-order valence-corrected chi connectivity index (χ2v) is 6.40. The number of halogens is 1. The van der Waals surface area contributed by atoms with E-state index in [2.05, 4.69) is 46.9 Å². The molecule has 2 aromatic carbocycles. The van der Waals surface area contributed by atoms with Crippen molar-refractivity contribution in [2.75, 3.05) is 0 Å². The first kappa shape index (κ1) is 15.3. The van der Waals surface area contributed by atoms with Crippen LogP contribution in [0.5, 0.6) is 5.75 Å². The average Bonchev–Trinajstić information content (AvgIpc) is 2.39. The monoisotopic (exact) mass is 397 g/mol. The summed E-state index contributed by atoms with van der Waals surface area (Å²) in [5.41, 5.74) is 9.82. The molecule has 4 heteroatoms. The summed E-state index contributed by atoms with van der Waals surface area (Å²) in [5.74, 6) is 0.906. The third-order valence-electron chi connectivity index (χ3n) is 3.04. The lowest BCUT2D eigenvalue weighted by molar-refractivity contribution is 0.302. The largest absolute Gasteiger partial charge is 0.488 e. The highest BCUT2D eigenvalue weighted by atomic mass is 127. The van der Waals surface area contributed by atoms with E-state index in [0.29, 0.717) is 11.6 Å². The summed E-state index contributed by atoms with van der Waals surface area (Å²) in [4.78, 5) is 0.417. The first-order chi connectivity index (χ1) is 9.47. The van der Waals surface area contributed by atoms with Crippen molar-refractivity contribution in [2.45, 2.75) is 20.5 Å². The summed E-state index contributed by atoms with van der Waals surface area (Å²) < 4.78 is 7.16. The van der Waals surface area contributed by atoms with Gasteiger partial charge in [-0.1, -0.05) is 24.4 Å². The van der Waals surface area contributed by atoms with Crippen LogP contribution in [-0.2, 0) is 6.61 Å². The lowest BCUT2D eigenvalue weighted by atomic mass is 10.1. The van der Waals surface area contributed by atoms with Gasteiger partial charge in [0.05, 0.1) is 0 Å². The van der Waals surface area contributed by atoms with Crippen LogP contribution >= 0.6 is 34.8 Å². The van der Waals surface area contributed by atoms with E-state index >= 15 is 0 Å². The molecule has 0 heterocycles. The summed E-state index contributed by atoms with van der Waals surface area (Å²) in [6.07, 6.45) is 0. The van der Waals surface area contributed by atoms with Gasteiger partial charge in [-0.15, -0.1) is 0 Å². The predicted molar refractivity (Wildman–Crippen MR) is 95.3 cm³/mol. The molecule has 0 aliphatic carbocycles. The van der Waals surface area contributed by atoms with Crippen LogP contribution in [0.4, 0.5) is 0 Å². The zero-order valence-corrected chi connectivity index (χ0v) is 14.4. The Kier molecular flexibility index (Phi) is 4.99. The maximum atomic E-state index is 5.94. The number of ether oxygens (including phenoxy) is 1. The van der Waals surface area contributed by atoms with E-state index < -0.39 is 0 Å². The van der Waals surface area contributed by atoms with Crippen LogP contribution in [0.15, 0.2) is 36.4 Å². The van der Waals surface area contributed by atoms with E-state index in [1.165, 1.54) is 3.57 Å². The fraction of sp³-hybridized carbons (Fsp3) is 0.188. The number of thiocarbonyl (C=S) groups is 1. The normalized spacial score (nSPS) is 10.3. The molecule has 0 aliphatic rings. The molecule has 0 radical (unpaired) electrons. The van der Waals surface area contributed by atoms with Crippen molar-refractivity contribution in [1.82, 2.24) is 0 Å². The molecule has 104 valence electrons. The second-order valence-electron chi connectivity index (χ2n) is 4.72. The molecule has 0 unspecified atom stereocenters. The standard InChI is InChI=1S/C16H16INOS/c1-10-7-13(16(18)20)8-11(2)15(10)19-9-12-3-5-14(17)6-4-12/h3-8H,9H2,1-2H3,(H2,18,20). The van der Waals surface area contributed by atoms with Crippen LogP contribution in [-0.4, -0.2) is 4.99 Å². The van der Waals surface area contributed by atoms with E-state index in [0.717, 1.165) is 28.0 Å². The van der Waals surface area contributed by atoms with Gasteiger partial charge in [-0.3, -0.25) is 0 Å². The molecule has 2 aromatic rings. The highest BCUT2D eigenvalue weighted by Gasteiger charge is 2.08. The third kappa shape index (κ3) is 3.70. The maximum Gasteiger partial charge on any atom is 0.125 e. The Balaban J connectivity index is 2.17. The zero-order chi connectivity index (χ0) is 14.7. The Labute approximate surface area is 138 Å². The van der Waals surface area contributed by atoms with Gasteiger partial charge >= 0.3 is 0 Å². The molecule has 20 heavy (non-hydrogen) atoms. The molecule has 0 saturated heterocycles. The van der Waals surface area contributed by atoms with Crippen molar-refractivity contribution in [2.24, 2.45) is 5.73 Å². The van der Waals surface area contributed by atoms with E-state index in [1.807, 2.05) is 26.0 Å². The minimum absolute atomic E-state index is 0.417. The predicted octanol–water partition coefficient (Wildman–Crippen LogP) is 4.12. The van der Waals surface area contributed by atoms with Crippen LogP contribution in [0.25, 0.3) is 0 Å². The topological polar surface area (TPSA) is 35.2 Å². The lowest BCUT2D eigenvalue weighted by Gasteiger charge is -2.14. The van der Waals surface area contributed by atoms with Crippen molar-refractivity contribution in [3.8, 4) is 5.75 Å². The Morgan fingerprint density at radius 1 is 1.15 bits per heavy atom. The molecule has 0 aliphatic heterocycles. The van der Waals surface area contributed by atoms with Gasteiger partial charge in [-0.25, -0.2) is 0 Å². The molecule has 0 amide bonds. The molecule has 2 rings (SSSR count). The minimum Gasteiger partial charge on any atom is -0.488 e. The molecule has 0 bridgehead atoms. The Morgan fingerprint density at radius 3 is 2.20 bits per heavy atom. The Hall–Kier alpha value is -1.14. The second kappa shape index (κ2) is 6.54. The number of benzene rings is 2. The van der Waals surface area contributed by atoms with Gasteiger partial charge in [0.2, 0.25) is 0 Å². The van der Waals surface area contributed by atoms with Crippen LogP contribution in [0.1, 0.15) is 22.3 Å². The van der Waals surface area contributed by atoms with Crippen LogP contribution < -0.4 is 10.5 Å². The van der Waals surface area contributed by atoms with Crippen LogP contribution in [0, 0.1) is 17.4 Å². The molecule has 0 atom stereocenters. The van der Waals surface area contributed by atoms with Crippen molar-refractivity contribution in [3.05, 3.63) is 62.2 Å². The number of rotatable bonds is 4. The maximum absolute atomic E-state index is 5.94. The molecule has 0 aromatic heterocycles. The first-order valence-corrected chi connectivity index (χ1v) is 7.74. The molecule has 2 N–H and O–H groups in total. The Bertz CT molecular complexity index is 614. The van der Waals surface area contributed by atoms with Crippen molar-refractivity contribution >= 4 is 39.8 Å². The van der Waals surface area contributed by atoms with Crippen molar-refractivity contribution < 1.29 is 4.74 Å². The number of aryl methyl sites for hydroxylation is 2. The van der Waals surface area contributed by atoms with Crippen LogP contribution in [0.3, 0.4) is 0 Å². The first-order valence-electron chi connectivity index (χ1n) is 6.25. The van der Waals surface area contributed by atoms with Gasteiger partial charge in [0.1, 0.15) is 17.3 Å². The summed E-state index contributed by atoms with van der Waals surface area (Å²) in [5, 5.41) is 0. The highest BCUT2D eigenvalue weighted by Crippen LogP contribution is 2.26. The molecular weight excluding hydrogens is 381 g/mol. The highest BCUT2D eigenvalue weighted by molar-refractivity contribution is 14.1. The van der Waals surface area contributed by atoms with Gasteiger partial charge in [-0.05, 0) is 77.4 Å². The summed E-state index contributed by atoms with van der Waals surface area (Å²) >= 11 is 7.31. The van der Waals surface area contributed by atoms with Gasteiger partial charge < -0.3 is 10.5 Å². The fourth-order valence-corrected chi connectivity index (χ4v) is 2.53. The summed E-state index contributed by atoms with van der Waals surface area (Å²) in [6, 6.07) is 12.3. The molecule has 2 nitrogen and oxygen atoms in total. The number of nitrogens with two attached hydrogens (primary N) is 1. The van der Waals surface area contributed by atoms with Crippen molar-refractivity contribution in [3.63, 3.8) is 0 Å². The molecule has 0 saturated carbocycles. The summed E-state index contributed by atoms with van der Waals surface area (Å²) in [6.45, 7) is 4.58. The lowest BCUT2D eigenvalue weighted by Crippen LogP contribution is -2.10. The SMILES string of the molecule is Cc1cc(C(N)=S)cc(C)c1OCc1ccc(I)cc1. The van der Waals surface area contributed by atoms with Gasteiger partial charge in [0, 0.05) is 9.13 Å².